The van der Waals surface area contributed by atoms with Crippen LogP contribution < -0.4 is 0 Å². The zero-order chi connectivity index (χ0) is 10.4. The van der Waals surface area contributed by atoms with E-state index in [1.54, 1.807) is 6.07 Å². The van der Waals surface area contributed by atoms with Gasteiger partial charge < -0.3 is 0 Å². The average molecular weight is 193 g/mol. The Labute approximate surface area is 83.9 Å². The summed E-state index contributed by atoms with van der Waals surface area (Å²) in [5.41, 5.74) is 2.00. The van der Waals surface area contributed by atoms with Crippen molar-refractivity contribution >= 4 is 0 Å². The van der Waals surface area contributed by atoms with Crippen molar-refractivity contribution in [3.05, 3.63) is 45.5 Å². The standard InChI is InChI=1S/C11H15NO2/c1-2-3-5-10-6-4-7-11(8-10)9-12(13)14/h4,6-8H,2-3,5,9H2,1H3. The number of aryl methyl sites for hydroxylation is 1. The van der Waals surface area contributed by atoms with E-state index in [0.29, 0.717) is 0 Å². The molecule has 0 spiro atoms. The fourth-order valence-electron chi connectivity index (χ4n) is 1.41. The highest BCUT2D eigenvalue weighted by Gasteiger charge is 2.01. The monoisotopic (exact) mass is 193 g/mol. The molecule has 0 aromatic heterocycles. The van der Waals surface area contributed by atoms with Crippen LogP contribution in [0, 0.1) is 10.1 Å². The van der Waals surface area contributed by atoms with Gasteiger partial charge in [-0.2, -0.15) is 0 Å². The second-order valence-corrected chi connectivity index (χ2v) is 3.41. The lowest BCUT2D eigenvalue weighted by Gasteiger charge is -2.01. The molecule has 0 aliphatic heterocycles. The van der Waals surface area contributed by atoms with Crippen LogP contribution in [0.1, 0.15) is 30.9 Å². The first kappa shape index (κ1) is 10.7. The zero-order valence-electron chi connectivity index (χ0n) is 8.40. The van der Waals surface area contributed by atoms with Crippen LogP contribution in [0.25, 0.3) is 0 Å². The molecule has 1 aromatic carbocycles. The first-order valence-corrected chi connectivity index (χ1v) is 4.92. The molecule has 0 heterocycles. The lowest BCUT2D eigenvalue weighted by atomic mass is 10.1. The summed E-state index contributed by atoms with van der Waals surface area (Å²) in [4.78, 5) is 10.0. The molecule has 0 fully saturated rings. The van der Waals surface area contributed by atoms with Gasteiger partial charge in [0.2, 0.25) is 6.54 Å². The van der Waals surface area contributed by atoms with E-state index >= 15 is 0 Å². The molecule has 0 aliphatic rings. The third-order valence-electron chi connectivity index (χ3n) is 2.12. The van der Waals surface area contributed by atoms with E-state index in [0.717, 1.165) is 24.8 Å². The highest BCUT2D eigenvalue weighted by atomic mass is 16.6. The number of nitro groups is 1. The number of hydrogen-bond acceptors (Lipinski definition) is 2. The third-order valence-corrected chi connectivity index (χ3v) is 2.12. The number of unbranched alkanes of at least 4 members (excludes halogenated alkanes) is 1. The molecule has 0 atom stereocenters. The molecule has 14 heavy (non-hydrogen) atoms. The maximum Gasteiger partial charge on any atom is 0.228 e. The average Bonchev–Trinajstić information content (AvgIpc) is 2.14. The van der Waals surface area contributed by atoms with E-state index < -0.39 is 0 Å². The Hall–Kier alpha value is -1.38. The molecule has 0 radical (unpaired) electrons. The Bertz CT molecular complexity index is 310. The lowest BCUT2D eigenvalue weighted by Crippen LogP contribution is -1.98. The van der Waals surface area contributed by atoms with E-state index in [2.05, 4.69) is 6.92 Å². The Balaban J connectivity index is 2.63. The van der Waals surface area contributed by atoms with Gasteiger partial charge in [0.25, 0.3) is 0 Å². The minimum atomic E-state index is -0.293. The van der Waals surface area contributed by atoms with Gasteiger partial charge in [0, 0.05) is 10.5 Å². The van der Waals surface area contributed by atoms with Crippen LogP contribution in [0.15, 0.2) is 24.3 Å². The van der Waals surface area contributed by atoms with Gasteiger partial charge in [-0.05, 0) is 24.5 Å². The van der Waals surface area contributed by atoms with Crippen LogP contribution in [-0.4, -0.2) is 4.92 Å². The molecule has 76 valence electrons. The van der Waals surface area contributed by atoms with Crippen LogP contribution in [0.4, 0.5) is 0 Å². The quantitative estimate of drug-likeness (QED) is 0.533. The summed E-state index contributed by atoms with van der Waals surface area (Å²) in [7, 11) is 0. The molecular formula is C11H15NO2. The SMILES string of the molecule is CCCCc1cccc(C[N+](=O)[O-])c1. The van der Waals surface area contributed by atoms with Gasteiger partial charge in [0.05, 0.1) is 0 Å². The Morgan fingerprint density at radius 3 is 2.71 bits per heavy atom. The number of benzene rings is 1. The van der Waals surface area contributed by atoms with E-state index in [1.165, 1.54) is 5.56 Å². The van der Waals surface area contributed by atoms with Crippen LogP contribution in [0.3, 0.4) is 0 Å². The molecule has 0 bridgehead atoms. The van der Waals surface area contributed by atoms with Gasteiger partial charge in [-0.15, -0.1) is 0 Å². The number of nitrogens with zero attached hydrogens (tertiary/aromatic N) is 1. The summed E-state index contributed by atoms with van der Waals surface area (Å²) in [6, 6.07) is 7.65. The fraction of sp³-hybridized carbons (Fsp3) is 0.455. The summed E-state index contributed by atoms with van der Waals surface area (Å²) < 4.78 is 0. The molecule has 1 rings (SSSR count). The van der Waals surface area contributed by atoms with Gasteiger partial charge in [-0.3, -0.25) is 10.1 Å². The van der Waals surface area contributed by atoms with E-state index in [-0.39, 0.29) is 11.5 Å². The molecule has 3 nitrogen and oxygen atoms in total. The summed E-state index contributed by atoms with van der Waals surface area (Å²) in [6.45, 7) is 2.07. The van der Waals surface area contributed by atoms with Gasteiger partial charge in [0.1, 0.15) is 0 Å². The molecule has 0 saturated heterocycles. The van der Waals surface area contributed by atoms with Crippen LogP contribution in [0.5, 0.6) is 0 Å². The van der Waals surface area contributed by atoms with Crippen molar-refractivity contribution in [2.45, 2.75) is 32.7 Å². The smallest absolute Gasteiger partial charge is 0.228 e. The van der Waals surface area contributed by atoms with Crippen molar-refractivity contribution in [3.8, 4) is 0 Å². The second-order valence-electron chi connectivity index (χ2n) is 3.41. The minimum Gasteiger partial charge on any atom is -0.264 e. The van der Waals surface area contributed by atoms with E-state index in [9.17, 15) is 10.1 Å². The van der Waals surface area contributed by atoms with Crippen molar-refractivity contribution in [2.24, 2.45) is 0 Å². The highest BCUT2D eigenvalue weighted by molar-refractivity contribution is 5.22. The third kappa shape index (κ3) is 3.56. The summed E-state index contributed by atoms with van der Waals surface area (Å²) in [5.74, 6) is 0. The Morgan fingerprint density at radius 2 is 2.07 bits per heavy atom. The predicted octanol–water partition coefficient (Wildman–Crippen LogP) is 2.81. The van der Waals surface area contributed by atoms with Gasteiger partial charge in [-0.1, -0.05) is 31.5 Å². The van der Waals surface area contributed by atoms with E-state index in [4.69, 9.17) is 0 Å². The lowest BCUT2D eigenvalue weighted by molar-refractivity contribution is -0.496. The molecule has 0 N–H and O–H groups in total. The molecule has 1 aromatic rings. The maximum atomic E-state index is 10.3. The van der Waals surface area contributed by atoms with Gasteiger partial charge >= 0.3 is 0 Å². The molecule has 0 unspecified atom stereocenters. The Kier molecular flexibility index (Phi) is 4.11. The zero-order valence-corrected chi connectivity index (χ0v) is 8.40. The van der Waals surface area contributed by atoms with Crippen molar-refractivity contribution < 1.29 is 4.92 Å². The van der Waals surface area contributed by atoms with Crippen molar-refractivity contribution in [3.63, 3.8) is 0 Å². The second kappa shape index (κ2) is 5.37. The van der Waals surface area contributed by atoms with Gasteiger partial charge in [0.15, 0.2) is 0 Å². The normalized spacial score (nSPS) is 10.1. The summed E-state index contributed by atoms with van der Waals surface area (Å²) >= 11 is 0. The predicted molar refractivity (Wildman–Crippen MR) is 55.8 cm³/mol. The van der Waals surface area contributed by atoms with Crippen LogP contribution >= 0.6 is 0 Å². The maximum absolute atomic E-state index is 10.3. The first-order chi connectivity index (χ1) is 6.72. The van der Waals surface area contributed by atoms with Gasteiger partial charge in [-0.25, -0.2) is 0 Å². The number of rotatable bonds is 5. The van der Waals surface area contributed by atoms with Crippen LogP contribution in [-0.2, 0) is 13.0 Å². The molecule has 0 amide bonds. The highest BCUT2D eigenvalue weighted by Crippen LogP contribution is 2.09. The van der Waals surface area contributed by atoms with Crippen molar-refractivity contribution in [1.29, 1.82) is 0 Å². The minimum absolute atomic E-state index is 0.0695. The Morgan fingerprint density at radius 1 is 1.36 bits per heavy atom. The fourth-order valence-corrected chi connectivity index (χ4v) is 1.41. The van der Waals surface area contributed by atoms with Crippen LogP contribution in [0.2, 0.25) is 0 Å². The molecule has 0 aliphatic carbocycles. The largest absolute Gasteiger partial charge is 0.264 e. The topological polar surface area (TPSA) is 43.1 Å². The van der Waals surface area contributed by atoms with Crippen molar-refractivity contribution in [2.75, 3.05) is 0 Å². The summed E-state index contributed by atoms with van der Waals surface area (Å²) in [5, 5.41) is 10.3. The molecular weight excluding hydrogens is 178 g/mol. The van der Waals surface area contributed by atoms with Crippen molar-refractivity contribution in [1.82, 2.24) is 0 Å². The molecule has 3 heteroatoms. The summed E-state index contributed by atoms with van der Waals surface area (Å²) in [6.07, 6.45) is 3.31. The first-order valence-electron chi connectivity index (χ1n) is 4.92. The molecule has 0 saturated carbocycles. The van der Waals surface area contributed by atoms with E-state index in [1.807, 2.05) is 18.2 Å². The number of hydrogen-bond donors (Lipinski definition) is 0.